The van der Waals surface area contributed by atoms with Gasteiger partial charge in [0.15, 0.2) is 5.82 Å². The average molecular weight is 393 g/mol. The van der Waals surface area contributed by atoms with E-state index in [4.69, 9.17) is 4.74 Å². The van der Waals surface area contributed by atoms with E-state index in [-0.39, 0.29) is 17.9 Å². The van der Waals surface area contributed by atoms with Crippen LogP contribution in [0, 0.1) is 0 Å². The number of aromatic nitrogens is 2. The van der Waals surface area contributed by atoms with Gasteiger partial charge >= 0.3 is 12.2 Å². The normalized spacial score (nSPS) is 15.7. The van der Waals surface area contributed by atoms with Crippen LogP contribution in [0.4, 0.5) is 24.7 Å². The second-order valence-corrected chi connectivity index (χ2v) is 7.54. The molecule has 1 aliphatic rings. The minimum Gasteiger partial charge on any atom is -0.461 e. The molecule has 1 aromatic carbocycles. The molecule has 1 aromatic heterocycles. The molecule has 0 atom stereocenters. The molecule has 7 heteroatoms. The number of nitrogens with zero attached hydrogens (tertiary/aromatic N) is 3. The second-order valence-electron chi connectivity index (χ2n) is 7.54. The van der Waals surface area contributed by atoms with Gasteiger partial charge in [-0.3, -0.25) is 0 Å². The van der Waals surface area contributed by atoms with Crippen LogP contribution >= 0.6 is 0 Å². The number of anilines is 2. The Kier molecular flexibility index (Phi) is 6.10. The number of rotatable bonds is 5. The van der Waals surface area contributed by atoms with Crippen molar-refractivity contribution in [2.75, 3.05) is 11.9 Å². The van der Waals surface area contributed by atoms with Crippen LogP contribution in [-0.2, 0) is 6.18 Å². The van der Waals surface area contributed by atoms with Crippen molar-refractivity contribution in [1.82, 2.24) is 9.97 Å². The lowest BCUT2D eigenvalue weighted by atomic mass is 9.84. The molecule has 0 radical (unpaired) electrons. The largest absolute Gasteiger partial charge is 0.461 e. The molecule has 4 nitrogen and oxygen atoms in total. The van der Waals surface area contributed by atoms with Crippen LogP contribution in [0.3, 0.4) is 0 Å². The van der Waals surface area contributed by atoms with E-state index in [1.54, 1.807) is 20.9 Å². The van der Waals surface area contributed by atoms with Gasteiger partial charge in [-0.15, -0.1) is 0 Å². The van der Waals surface area contributed by atoms with E-state index in [1.807, 2.05) is 24.3 Å². The fourth-order valence-corrected chi connectivity index (χ4v) is 3.61. The fraction of sp³-hybridized carbons (Fsp3) is 0.524. The monoisotopic (exact) mass is 393 g/mol. The zero-order valence-corrected chi connectivity index (χ0v) is 16.5. The summed E-state index contributed by atoms with van der Waals surface area (Å²) in [6.07, 6.45) is 2.11. The summed E-state index contributed by atoms with van der Waals surface area (Å²) in [4.78, 5) is 9.19. The topological polar surface area (TPSA) is 38.2 Å². The van der Waals surface area contributed by atoms with Crippen molar-refractivity contribution in [1.29, 1.82) is 0 Å². The number of alkyl halides is 3. The first kappa shape index (κ1) is 20.4. The fourth-order valence-electron chi connectivity index (χ4n) is 3.61. The third-order valence-corrected chi connectivity index (χ3v) is 5.07. The lowest BCUT2D eigenvalue weighted by molar-refractivity contribution is -0.137. The van der Waals surface area contributed by atoms with Crippen molar-refractivity contribution in [2.24, 2.45) is 0 Å². The number of ether oxygens (including phenoxy) is 1. The van der Waals surface area contributed by atoms with Crippen molar-refractivity contribution >= 4 is 11.5 Å². The minimum atomic E-state index is -4.55. The number of halogens is 3. The third kappa shape index (κ3) is 4.75. The zero-order chi connectivity index (χ0) is 20.3. The lowest BCUT2D eigenvalue weighted by Crippen LogP contribution is -2.20. The van der Waals surface area contributed by atoms with E-state index in [0.29, 0.717) is 11.6 Å². The third-order valence-electron chi connectivity index (χ3n) is 5.07. The molecular weight excluding hydrogens is 367 g/mol. The first-order valence-electron chi connectivity index (χ1n) is 9.70. The summed E-state index contributed by atoms with van der Waals surface area (Å²) >= 11 is 0. The molecule has 0 saturated heterocycles. The predicted molar refractivity (Wildman–Crippen MR) is 103 cm³/mol. The SMILES string of the molecule is CC(C)Oc1ncc(C(F)(F)F)c(N(C)c2ccc(C3CCCCC3)cc2)n1. The van der Waals surface area contributed by atoms with Crippen molar-refractivity contribution in [3.63, 3.8) is 0 Å². The highest BCUT2D eigenvalue weighted by atomic mass is 19.4. The minimum absolute atomic E-state index is 0.0660. The van der Waals surface area contributed by atoms with Gasteiger partial charge in [0, 0.05) is 18.9 Å². The number of benzene rings is 1. The molecule has 0 amide bonds. The number of hydrogen-bond acceptors (Lipinski definition) is 4. The highest BCUT2D eigenvalue weighted by Crippen LogP contribution is 2.38. The van der Waals surface area contributed by atoms with Gasteiger partial charge in [-0.1, -0.05) is 31.4 Å². The van der Waals surface area contributed by atoms with Crippen LogP contribution in [0.1, 0.15) is 63.0 Å². The van der Waals surface area contributed by atoms with E-state index >= 15 is 0 Å². The Morgan fingerprint density at radius 2 is 1.71 bits per heavy atom. The quantitative estimate of drug-likeness (QED) is 0.615. The highest BCUT2D eigenvalue weighted by Gasteiger charge is 2.37. The maximum atomic E-state index is 13.5. The molecular formula is C21H26F3N3O. The first-order chi connectivity index (χ1) is 13.3. The van der Waals surface area contributed by atoms with E-state index in [9.17, 15) is 13.2 Å². The van der Waals surface area contributed by atoms with Gasteiger partial charge in [0.25, 0.3) is 0 Å². The number of hydrogen-bond donors (Lipinski definition) is 0. The highest BCUT2D eigenvalue weighted by molar-refractivity contribution is 5.63. The molecule has 152 valence electrons. The molecule has 2 aromatic rings. The summed E-state index contributed by atoms with van der Waals surface area (Å²) in [7, 11) is 1.58. The molecule has 0 N–H and O–H groups in total. The first-order valence-corrected chi connectivity index (χ1v) is 9.70. The Morgan fingerprint density at radius 1 is 1.07 bits per heavy atom. The molecule has 1 heterocycles. The van der Waals surface area contributed by atoms with Crippen LogP contribution in [0.15, 0.2) is 30.5 Å². The smallest absolute Gasteiger partial charge is 0.421 e. The van der Waals surface area contributed by atoms with Gasteiger partial charge in [-0.25, -0.2) is 4.98 Å². The molecule has 28 heavy (non-hydrogen) atoms. The van der Waals surface area contributed by atoms with Crippen LogP contribution in [-0.4, -0.2) is 23.1 Å². The Balaban J connectivity index is 1.90. The molecule has 0 unspecified atom stereocenters. The maximum absolute atomic E-state index is 13.5. The molecule has 0 aliphatic heterocycles. The second kappa shape index (κ2) is 8.37. The van der Waals surface area contributed by atoms with Crippen molar-refractivity contribution in [2.45, 2.75) is 64.1 Å². The molecule has 0 spiro atoms. The van der Waals surface area contributed by atoms with Gasteiger partial charge in [-0.2, -0.15) is 18.2 Å². The standard InChI is InChI=1S/C21H26F3N3O/c1-14(2)28-20-25-13-18(21(22,23)24)19(26-20)27(3)17-11-9-16(10-12-17)15-7-5-4-6-8-15/h9-15H,4-8H2,1-3H3. The van der Waals surface area contributed by atoms with Crippen molar-refractivity contribution in [3.05, 3.63) is 41.6 Å². The van der Waals surface area contributed by atoms with Gasteiger partial charge in [0.2, 0.25) is 0 Å². The molecule has 3 rings (SSSR count). The summed E-state index contributed by atoms with van der Waals surface area (Å²) in [5.74, 6) is 0.326. The summed E-state index contributed by atoms with van der Waals surface area (Å²) in [6, 6.07) is 7.68. The molecule has 1 aliphatic carbocycles. The summed E-state index contributed by atoms with van der Waals surface area (Å²) in [5, 5.41) is 0. The Bertz CT molecular complexity index is 784. The maximum Gasteiger partial charge on any atom is 0.421 e. The van der Waals surface area contributed by atoms with E-state index in [1.165, 1.54) is 42.6 Å². The van der Waals surface area contributed by atoms with Crippen LogP contribution in [0.2, 0.25) is 0 Å². The Labute approximate surface area is 163 Å². The lowest BCUT2D eigenvalue weighted by Gasteiger charge is -2.25. The molecule has 1 saturated carbocycles. The zero-order valence-electron chi connectivity index (χ0n) is 16.5. The average Bonchev–Trinajstić information content (AvgIpc) is 2.67. The van der Waals surface area contributed by atoms with Crippen molar-refractivity contribution in [3.8, 4) is 6.01 Å². The summed E-state index contributed by atoms with van der Waals surface area (Å²) in [5.41, 5.74) is 1.00. The predicted octanol–water partition coefficient (Wildman–Crippen LogP) is 6.10. The Morgan fingerprint density at radius 3 is 2.29 bits per heavy atom. The van der Waals surface area contributed by atoms with E-state index < -0.39 is 11.7 Å². The molecule has 1 fully saturated rings. The van der Waals surface area contributed by atoms with E-state index in [2.05, 4.69) is 9.97 Å². The van der Waals surface area contributed by atoms with Crippen LogP contribution in [0.25, 0.3) is 0 Å². The van der Waals surface area contributed by atoms with Gasteiger partial charge in [-0.05, 0) is 50.3 Å². The summed E-state index contributed by atoms with van der Waals surface area (Å²) in [6.45, 7) is 3.54. The van der Waals surface area contributed by atoms with Crippen molar-refractivity contribution < 1.29 is 17.9 Å². The Hall–Kier alpha value is -2.31. The summed E-state index contributed by atoms with van der Waals surface area (Å²) < 4.78 is 45.8. The van der Waals surface area contributed by atoms with Gasteiger partial charge < -0.3 is 9.64 Å². The van der Waals surface area contributed by atoms with Crippen LogP contribution in [0.5, 0.6) is 6.01 Å². The van der Waals surface area contributed by atoms with Crippen LogP contribution < -0.4 is 9.64 Å². The molecule has 0 bridgehead atoms. The van der Waals surface area contributed by atoms with Gasteiger partial charge in [0.1, 0.15) is 5.56 Å². The van der Waals surface area contributed by atoms with E-state index in [0.717, 1.165) is 6.20 Å². The van der Waals surface area contributed by atoms with Gasteiger partial charge in [0.05, 0.1) is 6.10 Å².